The highest BCUT2D eigenvalue weighted by atomic mass is 28.3. The smallest absolute Gasteiger partial charge is 0.0473 e. The molecule has 0 saturated heterocycles. The third kappa shape index (κ3) is 3.40. The van der Waals surface area contributed by atoms with E-state index in [0.717, 1.165) is 5.54 Å². The van der Waals surface area contributed by atoms with Crippen molar-refractivity contribution in [2.75, 3.05) is 0 Å². The van der Waals surface area contributed by atoms with Crippen molar-refractivity contribution in [2.45, 2.75) is 58.3 Å². The third-order valence-electron chi connectivity index (χ3n) is 2.35. The standard InChI is InChI=1S/C9H22Si/c1-6-8-9(7-2)10(3,4)5/h9H,6-8H2,1-5H3. The lowest BCUT2D eigenvalue weighted by Gasteiger charge is -2.27. The molecule has 0 saturated carbocycles. The van der Waals surface area contributed by atoms with Gasteiger partial charge in [-0.2, -0.15) is 0 Å². The van der Waals surface area contributed by atoms with E-state index in [9.17, 15) is 0 Å². The summed E-state index contributed by atoms with van der Waals surface area (Å²) in [4.78, 5) is 0. The maximum Gasteiger partial charge on any atom is 0.0473 e. The van der Waals surface area contributed by atoms with Crippen molar-refractivity contribution in [3.8, 4) is 0 Å². The summed E-state index contributed by atoms with van der Waals surface area (Å²) in [6.45, 7) is 12.1. The first kappa shape index (κ1) is 10.2. The molecule has 0 aliphatic carbocycles. The molecule has 0 aliphatic rings. The van der Waals surface area contributed by atoms with Crippen LogP contribution >= 0.6 is 0 Å². The van der Waals surface area contributed by atoms with Crippen LogP contribution in [0, 0.1) is 0 Å². The van der Waals surface area contributed by atoms with Crippen molar-refractivity contribution >= 4 is 8.07 Å². The molecule has 62 valence electrons. The molecular formula is C9H22Si. The molecule has 0 aromatic rings. The summed E-state index contributed by atoms with van der Waals surface area (Å²) in [5.74, 6) is 0. The second-order valence-corrected chi connectivity index (χ2v) is 9.81. The Morgan fingerprint density at radius 2 is 1.60 bits per heavy atom. The largest absolute Gasteiger partial charge is 0.0693 e. The average Bonchev–Trinajstić information content (AvgIpc) is 1.80. The molecule has 1 unspecified atom stereocenters. The highest BCUT2D eigenvalue weighted by molar-refractivity contribution is 6.77. The van der Waals surface area contributed by atoms with Crippen molar-refractivity contribution in [1.82, 2.24) is 0 Å². The van der Waals surface area contributed by atoms with Crippen LogP contribution in [-0.2, 0) is 0 Å². The van der Waals surface area contributed by atoms with E-state index in [1.807, 2.05) is 0 Å². The topological polar surface area (TPSA) is 0 Å². The predicted octanol–water partition coefficient (Wildman–Crippen LogP) is 3.90. The quantitative estimate of drug-likeness (QED) is 0.544. The van der Waals surface area contributed by atoms with Gasteiger partial charge in [0.25, 0.3) is 0 Å². The van der Waals surface area contributed by atoms with Gasteiger partial charge in [0.05, 0.1) is 0 Å². The van der Waals surface area contributed by atoms with E-state index in [2.05, 4.69) is 33.5 Å². The summed E-state index contributed by atoms with van der Waals surface area (Å²) in [5, 5.41) is 0. The molecule has 1 heteroatoms. The SMILES string of the molecule is CCCC(CC)[Si](C)(C)C. The van der Waals surface area contributed by atoms with Crippen molar-refractivity contribution in [1.29, 1.82) is 0 Å². The van der Waals surface area contributed by atoms with Gasteiger partial charge in [-0.05, 0) is 5.54 Å². The molecule has 0 N–H and O–H groups in total. The molecule has 0 rings (SSSR count). The zero-order valence-corrected chi connectivity index (χ0v) is 9.20. The minimum atomic E-state index is -0.808. The lowest BCUT2D eigenvalue weighted by Crippen LogP contribution is -2.27. The average molecular weight is 158 g/mol. The monoisotopic (exact) mass is 158 g/mol. The summed E-state index contributed by atoms with van der Waals surface area (Å²) in [6.07, 6.45) is 4.21. The van der Waals surface area contributed by atoms with Crippen LogP contribution in [0.3, 0.4) is 0 Å². The minimum absolute atomic E-state index is 0.808. The van der Waals surface area contributed by atoms with E-state index in [0.29, 0.717) is 0 Å². The van der Waals surface area contributed by atoms with E-state index >= 15 is 0 Å². The molecule has 0 aliphatic heterocycles. The van der Waals surface area contributed by atoms with E-state index < -0.39 is 8.07 Å². The number of hydrogen-bond acceptors (Lipinski definition) is 0. The normalized spacial score (nSPS) is 15.3. The van der Waals surface area contributed by atoms with Gasteiger partial charge in [-0.25, -0.2) is 0 Å². The lowest BCUT2D eigenvalue weighted by molar-refractivity contribution is 0.677. The van der Waals surface area contributed by atoms with Crippen molar-refractivity contribution in [3.63, 3.8) is 0 Å². The second-order valence-electron chi connectivity index (χ2n) is 4.26. The fourth-order valence-corrected chi connectivity index (χ4v) is 3.98. The van der Waals surface area contributed by atoms with Gasteiger partial charge in [0.2, 0.25) is 0 Å². The molecule has 0 bridgehead atoms. The molecular weight excluding hydrogens is 136 g/mol. The highest BCUT2D eigenvalue weighted by Gasteiger charge is 2.23. The zero-order valence-electron chi connectivity index (χ0n) is 8.20. The summed E-state index contributed by atoms with van der Waals surface area (Å²) in [7, 11) is -0.808. The van der Waals surface area contributed by atoms with Crippen LogP contribution in [0.1, 0.15) is 33.1 Å². The molecule has 10 heavy (non-hydrogen) atoms. The van der Waals surface area contributed by atoms with Gasteiger partial charge in [0.15, 0.2) is 0 Å². The molecule has 0 aromatic heterocycles. The third-order valence-corrected chi connectivity index (χ3v) is 5.50. The minimum Gasteiger partial charge on any atom is -0.0693 e. The van der Waals surface area contributed by atoms with Crippen molar-refractivity contribution in [3.05, 3.63) is 0 Å². The number of rotatable bonds is 4. The summed E-state index contributed by atoms with van der Waals surface area (Å²) in [5.41, 5.74) is 1.05. The first-order valence-electron chi connectivity index (χ1n) is 4.52. The van der Waals surface area contributed by atoms with Gasteiger partial charge < -0.3 is 0 Å². The highest BCUT2D eigenvalue weighted by Crippen LogP contribution is 2.29. The maximum absolute atomic E-state index is 2.48. The summed E-state index contributed by atoms with van der Waals surface area (Å²) in [6, 6.07) is 0. The van der Waals surface area contributed by atoms with Gasteiger partial charge in [-0.3, -0.25) is 0 Å². The van der Waals surface area contributed by atoms with E-state index in [4.69, 9.17) is 0 Å². The number of hydrogen-bond donors (Lipinski definition) is 0. The van der Waals surface area contributed by atoms with Crippen molar-refractivity contribution < 1.29 is 0 Å². The Hall–Kier alpha value is 0.217. The van der Waals surface area contributed by atoms with E-state index in [1.54, 1.807) is 0 Å². The van der Waals surface area contributed by atoms with Gasteiger partial charge in [0.1, 0.15) is 0 Å². The molecule has 1 atom stereocenters. The molecule has 0 radical (unpaired) electrons. The molecule has 0 spiro atoms. The van der Waals surface area contributed by atoms with Crippen LogP contribution in [0.15, 0.2) is 0 Å². The Bertz CT molecular complexity index is 81.2. The van der Waals surface area contributed by atoms with Crippen molar-refractivity contribution in [2.24, 2.45) is 0 Å². The van der Waals surface area contributed by atoms with Gasteiger partial charge in [0, 0.05) is 8.07 Å². The van der Waals surface area contributed by atoms with Gasteiger partial charge in [-0.15, -0.1) is 0 Å². The van der Waals surface area contributed by atoms with Crippen LogP contribution in [0.25, 0.3) is 0 Å². The predicted molar refractivity (Wildman–Crippen MR) is 52.3 cm³/mol. The van der Waals surface area contributed by atoms with E-state index in [1.165, 1.54) is 19.3 Å². The Morgan fingerprint density at radius 3 is 1.70 bits per heavy atom. The molecule has 0 fully saturated rings. The zero-order chi connectivity index (χ0) is 8.20. The first-order chi connectivity index (χ1) is 4.52. The van der Waals surface area contributed by atoms with Crippen LogP contribution in [0.2, 0.25) is 25.2 Å². The molecule has 0 aromatic carbocycles. The van der Waals surface area contributed by atoms with Gasteiger partial charge >= 0.3 is 0 Å². The Morgan fingerprint density at radius 1 is 1.10 bits per heavy atom. The Labute approximate surface area is 67.0 Å². The molecule has 0 nitrogen and oxygen atoms in total. The Kier molecular flexibility index (Phi) is 4.26. The van der Waals surface area contributed by atoms with Crippen LogP contribution in [0.4, 0.5) is 0 Å². The molecule has 0 amide bonds. The van der Waals surface area contributed by atoms with Crippen LogP contribution in [-0.4, -0.2) is 8.07 Å². The molecule has 0 heterocycles. The Balaban J connectivity index is 3.81. The van der Waals surface area contributed by atoms with E-state index in [-0.39, 0.29) is 0 Å². The summed E-state index contributed by atoms with van der Waals surface area (Å²) < 4.78 is 0. The van der Waals surface area contributed by atoms with Crippen LogP contribution in [0.5, 0.6) is 0 Å². The van der Waals surface area contributed by atoms with Gasteiger partial charge in [-0.1, -0.05) is 52.8 Å². The first-order valence-corrected chi connectivity index (χ1v) is 8.10. The lowest BCUT2D eigenvalue weighted by atomic mass is 10.2. The second kappa shape index (κ2) is 4.17. The van der Waals surface area contributed by atoms with Crippen LogP contribution < -0.4 is 0 Å². The fraction of sp³-hybridized carbons (Fsp3) is 1.00. The maximum atomic E-state index is 2.48. The summed E-state index contributed by atoms with van der Waals surface area (Å²) >= 11 is 0. The fourth-order valence-electron chi connectivity index (χ4n) is 1.60.